The summed E-state index contributed by atoms with van der Waals surface area (Å²) in [6.07, 6.45) is 0.451. The number of nitrogens with one attached hydrogen (secondary N) is 2. The second-order valence-electron chi connectivity index (χ2n) is 4.07. The molecule has 0 bridgehead atoms. The van der Waals surface area contributed by atoms with Gasteiger partial charge in [-0.15, -0.1) is 0 Å². The molecule has 6 nitrogen and oxygen atoms in total. The van der Waals surface area contributed by atoms with Gasteiger partial charge in [-0.1, -0.05) is 5.16 Å². The van der Waals surface area contributed by atoms with Crippen molar-refractivity contribution in [2.75, 3.05) is 26.8 Å². The lowest BCUT2D eigenvalue weighted by Crippen LogP contribution is -2.30. The molecule has 0 aliphatic heterocycles. The summed E-state index contributed by atoms with van der Waals surface area (Å²) in [5.41, 5.74) is 1.96. The van der Waals surface area contributed by atoms with E-state index in [1.165, 1.54) is 0 Å². The predicted molar refractivity (Wildman–Crippen MR) is 67.2 cm³/mol. The Labute approximate surface area is 107 Å². The normalized spacial score (nSPS) is 10.6. The summed E-state index contributed by atoms with van der Waals surface area (Å²) in [5, 5.41) is 9.84. The van der Waals surface area contributed by atoms with Crippen molar-refractivity contribution in [2.24, 2.45) is 0 Å². The van der Waals surface area contributed by atoms with Crippen LogP contribution in [-0.2, 0) is 16.1 Å². The molecule has 1 aromatic rings. The first-order chi connectivity index (χ1) is 8.65. The molecule has 1 amide bonds. The van der Waals surface area contributed by atoms with Crippen LogP contribution in [0.15, 0.2) is 4.52 Å². The van der Waals surface area contributed by atoms with E-state index in [1.807, 2.05) is 13.8 Å². The Kier molecular flexibility index (Phi) is 6.38. The van der Waals surface area contributed by atoms with E-state index >= 15 is 0 Å². The van der Waals surface area contributed by atoms with Gasteiger partial charge in [0.2, 0.25) is 5.91 Å². The van der Waals surface area contributed by atoms with Crippen molar-refractivity contribution in [1.29, 1.82) is 0 Å². The molecule has 18 heavy (non-hydrogen) atoms. The second-order valence-corrected chi connectivity index (χ2v) is 4.07. The molecule has 0 aliphatic rings. The molecule has 0 unspecified atom stereocenters. The Morgan fingerprint density at radius 3 is 2.78 bits per heavy atom. The first kappa shape index (κ1) is 14.7. The smallest absolute Gasteiger partial charge is 0.221 e. The van der Waals surface area contributed by atoms with Crippen LogP contribution in [0, 0.1) is 13.8 Å². The van der Waals surface area contributed by atoms with E-state index in [4.69, 9.17) is 9.26 Å². The molecule has 0 saturated heterocycles. The average Bonchev–Trinajstić information content (AvgIpc) is 2.66. The van der Waals surface area contributed by atoms with E-state index in [2.05, 4.69) is 15.8 Å². The fourth-order valence-corrected chi connectivity index (χ4v) is 1.55. The van der Waals surface area contributed by atoms with Gasteiger partial charge in [0.05, 0.1) is 12.3 Å². The third kappa shape index (κ3) is 4.85. The second kappa shape index (κ2) is 7.84. The number of hydrogen-bond donors (Lipinski definition) is 2. The van der Waals surface area contributed by atoms with Crippen molar-refractivity contribution >= 4 is 5.91 Å². The Morgan fingerprint density at radius 2 is 2.17 bits per heavy atom. The minimum Gasteiger partial charge on any atom is -0.383 e. The summed E-state index contributed by atoms with van der Waals surface area (Å²) in [7, 11) is 1.61. The Morgan fingerprint density at radius 1 is 1.39 bits per heavy atom. The third-order valence-electron chi connectivity index (χ3n) is 2.64. The number of carbonyl (C=O) groups excluding carboxylic acids is 1. The van der Waals surface area contributed by atoms with Crippen molar-refractivity contribution in [3.8, 4) is 0 Å². The van der Waals surface area contributed by atoms with Gasteiger partial charge in [0, 0.05) is 38.7 Å². The first-order valence-electron chi connectivity index (χ1n) is 6.03. The number of ether oxygens (including phenoxy) is 1. The van der Waals surface area contributed by atoms with Gasteiger partial charge in [0.1, 0.15) is 5.76 Å². The molecule has 0 spiro atoms. The van der Waals surface area contributed by atoms with Gasteiger partial charge < -0.3 is 19.9 Å². The molecule has 0 atom stereocenters. The van der Waals surface area contributed by atoms with Crippen molar-refractivity contribution in [3.63, 3.8) is 0 Å². The number of hydrogen-bond acceptors (Lipinski definition) is 5. The van der Waals surface area contributed by atoms with Crippen molar-refractivity contribution in [3.05, 3.63) is 17.0 Å². The third-order valence-corrected chi connectivity index (χ3v) is 2.64. The Hall–Kier alpha value is -1.40. The molecular weight excluding hydrogens is 234 g/mol. The zero-order chi connectivity index (χ0) is 13.4. The van der Waals surface area contributed by atoms with E-state index in [0.29, 0.717) is 32.7 Å². The molecule has 1 rings (SSSR count). The topological polar surface area (TPSA) is 76.4 Å². The van der Waals surface area contributed by atoms with Crippen LogP contribution in [0.5, 0.6) is 0 Å². The minimum atomic E-state index is 0.0262. The summed E-state index contributed by atoms with van der Waals surface area (Å²) in [6, 6.07) is 0. The summed E-state index contributed by atoms with van der Waals surface area (Å²) >= 11 is 0. The van der Waals surface area contributed by atoms with Crippen molar-refractivity contribution < 1.29 is 14.1 Å². The highest BCUT2D eigenvalue weighted by molar-refractivity contribution is 5.76. The Bertz CT molecular complexity index is 357. The van der Waals surface area contributed by atoms with E-state index in [-0.39, 0.29) is 5.91 Å². The maximum Gasteiger partial charge on any atom is 0.221 e. The fourth-order valence-electron chi connectivity index (χ4n) is 1.55. The summed E-state index contributed by atoms with van der Waals surface area (Å²) < 4.78 is 9.90. The number of aromatic nitrogens is 1. The summed E-state index contributed by atoms with van der Waals surface area (Å²) in [6.45, 7) is 6.19. The zero-order valence-electron chi connectivity index (χ0n) is 11.2. The van der Waals surface area contributed by atoms with Crippen molar-refractivity contribution in [1.82, 2.24) is 15.8 Å². The lowest BCUT2D eigenvalue weighted by atomic mass is 10.2. The molecule has 1 heterocycles. The zero-order valence-corrected chi connectivity index (χ0v) is 11.2. The van der Waals surface area contributed by atoms with Crippen LogP contribution in [0.1, 0.15) is 23.4 Å². The van der Waals surface area contributed by atoms with Crippen LogP contribution in [-0.4, -0.2) is 37.9 Å². The molecule has 0 aliphatic carbocycles. The molecule has 0 fully saturated rings. The molecule has 0 aromatic carbocycles. The molecular formula is C12H21N3O3. The van der Waals surface area contributed by atoms with Gasteiger partial charge in [-0.3, -0.25) is 4.79 Å². The van der Waals surface area contributed by atoms with E-state index in [9.17, 15) is 4.79 Å². The highest BCUT2D eigenvalue weighted by Crippen LogP contribution is 2.11. The van der Waals surface area contributed by atoms with Gasteiger partial charge in [-0.25, -0.2) is 0 Å². The van der Waals surface area contributed by atoms with Crippen LogP contribution < -0.4 is 10.6 Å². The van der Waals surface area contributed by atoms with Gasteiger partial charge in [0.15, 0.2) is 0 Å². The number of amides is 1. The maximum absolute atomic E-state index is 11.4. The predicted octanol–water partition coefficient (Wildman–Crippen LogP) is 0.534. The minimum absolute atomic E-state index is 0.0262. The monoisotopic (exact) mass is 255 g/mol. The van der Waals surface area contributed by atoms with Crippen LogP contribution >= 0.6 is 0 Å². The van der Waals surface area contributed by atoms with Crippen LogP contribution in [0.4, 0.5) is 0 Å². The van der Waals surface area contributed by atoms with Crippen LogP contribution in [0.2, 0.25) is 0 Å². The highest BCUT2D eigenvalue weighted by atomic mass is 16.5. The lowest BCUT2D eigenvalue weighted by molar-refractivity contribution is -0.121. The molecule has 1 aromatic heterocycles. The SMILES string of the molecule is COCCNC(=O)CCNCc1c(C)noc1C. The molecule has 2 N–H and O–H groups in total. The van der Waals surface area contributed by atoms with Gasteiger partial charge >= 0.3 is 0 Å². The van der Waals surface area contributed by atoms with Gasteiger partial charge in [0.25, 0.3) is 0 Å². The average molecular weight is 255 g/mol. The number of methoxy groups -OCH3 is 1. The Balaban J connectivity index is 2.13. The lowest BCUT2D eigenvalue weighted by Gasteiger charge is -2.05. The molecule has 6 heteroatoms. The number of rotatable bonds is 8. The maximum atomic E-state index is 11.4. The highest BCUT2D eigenvalue weighted by Gasteiger charge is 2.08. The number of carbonyl (C=O) groups is 1. The van der Waals surface area contributed by atoms with E-state index in [0.717, 1.165) is 17.0 Å². The molecule has 102 valence electrons. The quantitative estimate of drug-likeness (QED) is 0.663. The summed E-state index contributed by atoms with van der Waals surface area (Å²) in [4.78, 5) is 11.4. The van der Waals surface area contributed by atoms with E-state index in [1.54, 1.807) is 7.11 Å². The van der Waals surface area contributed by atoms with Crippen LogP contribution in [0.25, 0.3) is 0 Å². The van der Waals surface area contributed by atoms with E-state index < -0.39 is 0 Å². The van der Waals surface area contributed by atoms with Gasteiger partial charge in [-0.2, -0.15) is 0 Å². The number of nitrogens with zero attached hydrogens (tertiary/aromatic N) is 1. The largest absolute Gasteiger partial charge is 0.383 e. The molecule has 0 saturated carbocycles. The summed E-state index contributed by atoms with van der Waals surface area (Å²) in [5.74, 6) is 0.850. The number of aryl methyl sites for hydroxylation is 2. The molecule has 0 radical (unpaired) electrons. The van der Waals surface area contributed by atoms with Crippen LogP contribution in [0.3, 0.4) is 0 Å². The first-order valence-corrected chi connectivity index (χ1v) is 6.03. The fraction of sp³-hybridized carbons (Fsp3) is 0.667. The van der Waals surface area contributed by atoms with Crippen molar-refractivity contribution in [2.45, 2.75) is 26.8 Å². The standard InChI is InChI=1S/C12H21N3O3/c1-9-11(10(2)18-15-9)8-13-5-4-12(16)14-6-7-17-3/h13H,4-8H2,1-3H3,(H,14,16). The van der Waals surface area contributed by atoms with Gasteiger partial charge in [-0.05, 0) is 13.8 Å².